The third-order valence-corrected chi connectivity index (χ3v) is 4.31. The van der Waals surface area contributed by atoms with Gasteiger partial charge in [0.1, 0.15) is 5.82 Å². The van der Waals surface area contributed by atoms with E-state index in [1.54, 1.807) is 0 Å². The van der Waals surface area contributed by atoms with Crippen LogP contribution >= 0.6 is 11.6 Å². The Morgan fingerprint density at radius 2 is 1.95 bits per heavy atom. The monoisotopic (exact) mass is 324 g/mol. The summed E-state index contributed by atoms with van der Waals surface area (Å²) in [6, 6.07) is 0. The van der Waals surface area contributed by atoms with Gasteiger partial charge in [-0.05, 0) is 46.3 Å². The van der Waals surface area contributed by atoms with Crippen molar-refractivity contribution in [2.75, 3.05) is 19.3 Å². The van der Waals surface area contributed by atoms with Crippen LogP contribution in [0.4, 0.5) is 5.82 Å². The summed E-state index contributed by atoms with van der Waals surface area (Å²) >= 11 is 6.09. The highest BCUT2D eigenvalue weighted by atomic mass is 35.5. The van der Waals surface area contributed by atoms with Gasteiger partial charge in [-0.3, -0.25) is 0 Å². The van der Waals surface area contributed by atoms with Gasteiger partial charge in [0.15, 0.2) is 5.15 Å². The zero-order valence-electron chi connectivity index (χ0n) is 13.6. The van der Waals surface area contributed by atoms with E-state index in [-0.39, 0.29) is 11.0 Å². The number of anilines is 1. The van der Waals surface area contributed by atoms with Gasteiger partial charge in [-0.15, -0.1) is 0 Å². The topological polar surface area (TPSA) is 82.3 Å². The molecular weight excluding hydrogens is 302 g/mol. The molecule has 1 aliphatic heterocycles. The molecular formula is C14H22BClN4O2. The number of likely N-dealkylation sites (N-methyl/N-ethyl adjacent to an activating group) is 1. The minimum atomic E-state index is -0.465. The minimum Gasteiger partial charge on any atom is -0.400 e. The number of hydrogen-bond donors (Lipinski definition) is 2. The predicted octanol–water partition coefficient (Wildman–Crippen LogP) is 1.95. The number of rotatable bonds is 4. The molecule has 0 amide bonds. The molecule has 0 aliphatic carbocycles. The number of nitrogens with one attached hydrogen (secondary N) is 1. The molecule has 1 aliphatic rings. The lowest BCUT2D eigenvalue weighted by molar-refractivity contribution is 0.00578. The fourth-order valence-corrected chi connectivity index (χ4v) is 2.26. The van der Waals surface area contributed by atoms with Crippen LogP contribution < -0.4 is 11.1 Å². The Kier molecular flexibility index (Phi) is 4.82. The number of nitrogen functional groups attached to an aromatic ring is 1. The van der Waals surface area contributed by atoms with Crippen LogP contribution in [-0.4, -0.2) is 41.9 Å². The molecule has 3 N–H and O–H groups in total. The van der Waals surface area contributed by atoms with Gasteiger partial charge in [0.25, 0.3) is 0 Å². The van der Waals surface area contributed by atoms with Gasteiger partial charge in [0, 0.05) is 6.54 Å². The van der Waals surface area contributed by atoms with Gasteiger partial charge >= 0.3 is 7.12 Å². The molecule has 0 atom stereocenters. The smallest absolute Gasteiger partial charge is 0.400 e. The lowest BCUT2D eigenvalue weighted by atomic mass is 9.77. The molecule has 0 radical (unpaired) electrons. The van der Waals surface area contributed by atoms with Crippen molar-refractivity contribution >= 4 is 30.6 Å². The first-order valence-electron chi connectivity index (χ1n) is 7.15. The standard InChI is InChI=1S/C14H22BClN4O2/c1-13(2)14(3,4)22-15(21-13)9(7-18-5)6-10-12(16)20-11(17)8-19-10/h6,8,18H,7H2,1-5H3,(H2,17,20). The summed E-state index contributed by atoms with van der Waals surface area (Å²) in [6.07, 6.45) is 3.30. The summed E-state index contributed by atoms with van der Waals surface area (Å²) < 4.78 is 12.1. The largest absolute Gasteiger partial charge is 0.491 e. The van der Waals surface area contributed by atoms with E-state index in [0.29, 0.717) is 12.2 Å². The Balaban J connectivity index is 2.33. The second kappa shape index (κ2) is 6.16. The van der Waals surface area contributed by atoms with Crippen LogP contribution in [0.25, 0.3) is 6.08 Å². The van der Waals surface area contributed by atoms with Crippen LogP contribution in [0.15, 0.2) is 11.7 Å². The van der Waals surface area contributed by atoms with Gasteiger partial charge in [-0.2, -0.15) is 0 Å². The first-order chi connectivity index (χ1) is 10.2. The zero-order chi connectivity index (χ0) is 16.5. The van der Waals surface area contributed by atoms with Crippen LogP contribution in [0.1, 0.15) is 33.4 Å². The van der Waals surface area contributed by atoms with Crippen molar-refractivity contribution in [2.45, 2.75) is 38.9 Å². The number of nitrogens with two attached hydrogens (primary N) is 1. The lowest BCUT2D eigenvalue weighted by Crippen LogP contribution is -2.41. The molecule has 0 unspecified atom stereocenters. The van der Waals surface area contributed by atoms with E-state index < -0.39 is 18.3 Å². The first-order valence-corrected chi connectivity index (χ1v) is 7.53. The Morgan fingerprint density at radius 1 is 1.36 bits per heavy atom. The van der Waals surface area contributed by atoms with Crippen LogP contribution in [0, 0.1) is 0 Å². The number of hydrogen-bond acceptors (Lipinski definition) is 6. The molecule has 8 heteroatoms. The van der Waals surface area contributed by atoms with E-state index in [4.69, 9.17) is 26.6 Å². The number of aromatic nitrogens is 2. The van der Waals surface area contributed by atoms with Crippen molar-refractivity contribution in [3.05, 3.63) is 22.5 Å². The molecule has 1 saturated heterocycles. The Hall–Kier alpha value is -1.15. The average Bonchev–Trinajstić information content (AvgIpc) is 2.61. The molecule has 2 rings (SSSR count). The Labute approximate surface area is 136 Å². The third kappa shape index (κ3) is 3.43. The van der Waals surface area contributed by atoms with E-state index in [0.717, 1.165) is 5.47 Å². The maximum absolute atomic E-state index is 6.09. The molecule has 6 nitrogen and oxygen atoms in total. The average molecular weight is 325 g/mol. The molecule has 0 spiro atoms. The zero-order valence-corrected chi connectivity index (χ0v) is 14.4. The third-order valence-electron chi connectivity index (χ3n) is 4.03. The van der Waals surface area contributed by atoms with Gasteiger partial charge < -0.3 is 20.4 Å². The van der Waals surface area contributed by atoms with Gasteiger partial charge in [0.2, 0.25) is 0 Å². The van der Waals surface area contributed by atoms with Gasteiger partial charge in [-0.1, -0.05) is 11.6 Å². The Bertz CT molecular complexity index is 576. The maximum Gasteiger partial charge on any atom is 0.491 e. The van der Waals surface area contributed by atoms with Crippen LogP contribution in [0.3, 0.4) is 0 Å². The maximum atomic E-state index is 6.09. The quantitative estimate of drug-likeness (QED) is 0.824. The summed E-state index contributed by atoms with van der Waals surface area (Å²) in [7, 11) is 1.39. The molecule has 120 valence electrons. The normalized spacial score (nSPS) is 20.5. The van der Waals surface area contributed by atoms with Gasteiger partial charge in [0.05, 0.1) is 23.1 Å². The van der Waals surface area contributed by atoms with Crippen molar-refractivity contribution in [1.82, 2.24) is 15.3 Å². The number of nitrogens with zero attached hydrogens (tertiary/aromatic N) is 2. The molecule has 1 fully saturated rings. The molecule has 2 heterocycles. The fraction of sp³-hybridized carbons (Fsp3) is 0.571. The molecule has 0 saturated carbocycles. The summed E-state index contributed by atoms with van der Waals surface area (Å²) in [6.45, 7) is 8.64. The summed E-state index contributed by atoms with van der Waals surface area (Å²) in [5.41, 5.74) is 6.20. The van der Waals surface area contributed by atoms with Crippen LogP contribution in [0.5, 0.6) is 0 Å². The highest BCUT2D eigenvalue weighted by Gasteiger charge is 2.52. The summed E-state index contributed by atoms with van der Waals surface area (Å²) in [5.74, 6) is 0.285. The van der Waals surface area contributed by atoms with E-state index in [9.17, 15) is 0 Å². The van der Waals surface area contributed by atoms with E-state index in [1.165, 1.54) is 6.20 Å². The van der Waals surface area contributed by atoms with Crippen LogP contribution in [-0.2, 0) is 9.31 Å². The highest BCUT2D eigenvalue weighted by molar-refractivity contribution is 6.56. The summed E-state index contributed by atoms with van der Waals surface area (Å²) in [4.78, 5) is 8.21. The molecule has 0 bridgehead atoms. The van der Waals surface area contributed by atoms with Crippen molar-refractivity contribution < 1.29 is 9.31 Å². The predicted molar refractivity (Wildman–Crippen MR) is 89.4 cm³/mol. The van der Waals surface area contributed by atoms with Crippen molar-refractivity contribution in [1.29, 1.82) is 0 Å². The van der Waals surface area contributed by atoms with E-state index >= 15 is 0 Å². The van der Waals surface area contributed by atoms with E-state index in [2.05, 4.69) is 15.3 Å². The molecule has 1 aromatic heterocycles. The van der Waals surface area contributed by atoms with Crippen molar-refractivity contribution in [2.24, 2.45) is 0 Å². The lowest BCUT2D eigenvalue weighted by Gasteiger charge is -2.32. The molecule has 22 heavy (non-hydrogen) atoms. The second-order valence-electron chi connectivity index (χ2n) is 6.31. The van der Waals surface area contributed by atoms with Crippen molar-refractivity contribution in [3.63, 3.8) is 0 Å². The van der Waals surface area contributed by atoms with Crippen molar-refractivity contribution in [3.8, 4) is 0 Å². The van der Waals surface area contributed by atoms with E-state index in [1.807, 2.05) is 40.8 Å². The Morgan fingerprint density at radius 3 is 2.45 bits per heavy atom. The molecule has 0 aromatic carbocycles. The van der Waals surface area contributed by atoms with Crippen LogP contribution in [0.2, 0.25) is 5.15 Å². The second-order valence-corrected chi connectivity index (χ2v) is 6.67. The van der Waals surface area contributed by atoms with Gasteiger partial charge in [-0.25, -0.2) is 9.97 Å². The first kappa shape index (κ1) is 17.2. The fourth-order valence-electron chi connectivity index (χ4n) is 2.06. The highest BCUT2D eigenvalue weighted by Crippen LogP contribution is 2.38. The minimum absolute atomic E-state index is 0.255. The summed E-state index contributed by atoms with van der Waals surface area (Å²) in [5, 5.41) is 3.36. The molecule has 1 aromatic rings. The SMILES string of the molecule is CNCC(=Cc1ncc(N)nc1Cl)B1OC(C)(C)C(C)(C)O1. The number of halogens is 1.